The van der Waals surface area contributed by atoms with Gasteiger partial charge in [0.15, 0.2) is 0 Å². The van der Waals surface area contributed by atoms with Crippen molar-refractivity contribution in [2.45, 2.75) is 6.92 Å². The number of fused-ring (bicyclic) bond motifs is 1. The molecule has 2 heterocycles. The molecule has 6 nitrogen and oxygen atoms in total. The second-order valence-electron chi connectivity index (χ2n) is 5.20. The quantitative estimate of drug-likeness (QED) is 0.443. The molecular weight excluding hydrogens is 316 g/mol. The molecule has 2 aromatic heterocycles. The van der Waals surface area contributed by atoms with Crippen LogP contribution in [-0.4, -0.2) is 28.1 Å². The average Bonchev–Trinajstić information content (AvgIpc) is 2.96. The fourth-order valence-corrected chi connectivity index (χ4v) is 2.44. The van der Waals surface area contributed by atoms with Crippen LogP contribution in [0.4, 0.5) is 0 Å². The highest BCUT2D eigenvalue weighted by Crippen LogP contribution is 2.15. The van der Waals surface area contributed by atoms with E-state index in [0.717, 1.165) is 0 Å². The lowest BCUT2D eigenvalue weighted by molar-refractivity contribution is 0.0948. The first kappa shape index (κ1) is 16.3. The molecule has 0 atom stereocenters. The van der Waals surface area contributed by atoms with Crippen LogP contribution in [0.1, 0.15) is 21.7 Å². The molecule has 3 aromatic rings. The molecular formula is C19H16N4O2. The maximum atomic E-state index is 12.4. The third-order valence-corrected chi connectivity index (χ3v) is 3.52. The first-order valence-corrected chi connectivity index (χ1v) is 7.63. The molecule has 0 fully saturated rings. The highest BCUT2D eigenvalue weighted by atomic mass is 16.5. The van der Waals surface area contributed by atoms with E-state index in [9.17, 15) is 4.79 Å². The van der Waals surface area contributed by atoms with Gasteiger partial charge in [-0.2, -0.15) is 5.10 Å². The Morgan fingerprint density at radius 3 is 3.00 bits per heavy atom. The van der Waals surface area contributed by atoms with Gasteiger partial charge in [-0.1, -0.05) is 24.1 Å². The number of nitrogens with zero attached hydrogens (tertiary/aromatic N) is 3. The van der Waals surface area contributed by atoms with Crippen LogP contribution in [-0.2, 0) is 0 Å². The van der Waals surface area contributed by atoms with Gasteiger partial charge in [0, 0.05) is 11.8 Å². The van der Waals surface area contributed by atoms with Crippen LogP contribution in [0.25, 0.3) is 5.65 Å². The summed E-state index contributed by atoms with van der Waals surface area (Å²) in [7, 11) is 0. The molecule has 0 bridgehead atoms. The van der Waals surface area contributed by atoms with Crippen molar-refractivity contribution in [3.63, 3.8) is 0 Å². The summed E-state index contributed by atoms with van der Waals surface area (Å²) in [4.78, 5) is 16.8. The molecule has 0 unspecified atom stereocenters. The lowest BCUT2D eigenvalue weighted by Gasteiger charge is -2.05. The number of hydrogen-bond acceptors (Lipinski definition) is 4. The van der Waals surface area contributed by atoms with Crippen molar-refractivity contribution in [2.24, 2.45) is 5.10 Å². The number of carbonyl (C=O) groups excluding carboxylic acids is 1. The number of amides is 1. The second kappa shape index (κ2) is 7.32. The van der Waals surface area contributed by atoms with Crippen LogP contribution in [0.2, 0.25) is 0 Å². The third kappa shape index (κ3) is 3.51. The largest absolute Gasteiger partial charge is 0.480 e. The first-order chi connectivity index (χ1) is 12.2. The Hall–Kier alpha value is -3.59. The van der Waals surface area contributed by atoms with Gasteiger partial charge in [-0.3, -0.25) is 9.20 Å². The summed E-state index contributed by atoms with van der Waals surface area (Å²) in [6.45, 7) is 1.95. The molecule has 0 aliphatic rings. The van der Waals surface area contributed by atoms with Gasteiger partial charge in [0.2, 0.25) is 0 Å². The van der Waals surface area contributed by atoms with Crippen molar-refractivity contribution in [1.29, 1.82) is 0 Å². The fraction of sp³-hybridized carbons (Fsp3) is 0.105. The van der Waals surface area contributed by atoms with Gasteiger partial charge in [0.1, 0.15) is 23.7 Å². The second-order valence-corrected chi connectivity index (χ2v) is 5.20. The highest BCUT2D eigenvalue weighted by Gasteiger charge is 2.15. The molecule has 3 rings (SSSR count). The number of rotatable bonds is 5. The van der Waals surface area contributed by atoms with Crippen molar-refractivity contribution < 1.29 is 9.53 Å². The smallest absolute Gasteiger partial charge is 0.290 e. The molecule has 6 heteroatoms. The number of nitrogens with one attached hydrogen (secondary N) is 1. The molecule has 1 N–H and O–H groups in total. The van der Waals surface area contributed by atoms with Crippen LogP contribution in [0.15, 0.2) is 53.8 Å². The van der Waals surface area contributed by atoms with Gasteiger partial charge in [-0.15, -0.1) is 6.42 Å². The van der Waals surface area contributed by atoms with Crippen LogP contribution >= 0.6 is 0 Å². The standard InChI is InChI=1S/C19H16N4O2/c1-3-12-25-16-9-5-4-8-15(16)13-20-22-19(24)18-14(2)21-17-10-6-7-11-23(17)18/h1,4-11,13H,12H2,2H3,(H,22,24)/b20-13-. The molecule has 0 radical (unpaired) electrons. The maximum absolute atomic E-state index is 12.4. The summed E-state index contributed by atoms with van der Waals surface area (Å²) in [6.07, 6.45) is 8.51. The van der Waals surface area contributed by atoms with Gasteiger partial charge in [-0.25, -0.2) is 10.4 Å². The molecule has 25 heavy (non-hydrogen) atoms. The van der Waals surface area contributed by atoms with E-state index in [0.29, 0.717) is 28.3 Å². The number of ether oxygens (including phenoxy) is 1. The Morgan fingerprint density at radius 2 is 2.16 bits per heavy atom. The van der Waals surface area contributed by atoms with Gasteiger partial charge in [0.25, 0.3) is 5.91 Å². The van der Waals surface area contributed by atoms with Crippen LogP contribution in [0, 0.1) is 19.3 Å². The number of hydrogen-bond donors (Lipinski definition) is 1. The predicted molar refractivity (Wildman–Crippen MR) is 95.8 cm³/mol. The molecule has 0 aliphatic carbocycles. The Labute approximate surface area is 145 Å². The number of terminal acetylenes is 1. The normalized spacial score (nSPS) is 10.7. The average molecular weight is 332 g/mol. The number of carbonyl (C=O) groups is 1. The van der Waals surface area contributed by atoms with E-state index in [1.54, 1.807) is 23.6 Å². The number of aryl methyl sites for hydroxylation is 1. The van der Waals surface area contributed by atoms with Crippen molar-refractivity contribution in [3.05, 3.63) is 65.6 Å². The summed E-state index contributed by atoms with van der Waals surface area (Å²) in [6, 6.07) is 12.8. The number of imidazole rings is 1. The molecule has 0 saturated carbocycles. The van der Waals surface area contributed by atoms with E-state index >= 15 is 0 Å². The van der Waals surface area contributed by atoms with Crippen molar-refractivity contribution in [1.82, 2.24) is 14.8 Å². The highest BCUT2D eigenvalue weighted by molar-refractivity contribution is 5.95. The van der Waals surface area contributed by atoms with E-state index in [1.807, 2.05) is 36.4 Å². The Kier molecular flexibility index (Phi) is 4.77. The van der Waals surface area contributed by atoms with Crippen molar-refractivity contribution in [3.8, 4) is 18.1 Å². The Balaban J connectivity index is 1.77. The van der Waals surface area contributed by atoms with Crippen LogP contribution in [0.3, 0.4) is 0 Å². The minimum Gasteiger partial charge on any atom is -0.480 e. The number of pyridine rings is 1. The first-order valence-electron chi connectivity index (χ1n) is 7.63. The van der Waals surface area contributed by atoms with E-state index in [1.165, 1.54) is 6.21 Å². The van der Waals surface area contributed by atoms with Gasteiger partial charge in [-0.05, 0) is 31.2 Å². The number of aromatic nitrogens is 2. The number of para-hydroxylation sites is 1. The third-order valence-electron chi connectivity index (χ3n) is 3.52. The van der Waals surface area contributed by atoms with E-state index < -0.39 is 0 Å². The number of hydrazone groups is 1. The van der Waals surface area contributed by atoms with Gasteiger partial charge < -0.3 is 4.74 Å². The molecule has 124 valence electrons. The van der Waals surface area contributed by atoms with Gasteiger partial charge >= 0.3 is 0 Å². The predicted octanol–water partition coefficient (Wildman–Crippen LogP) is 2.42. The molecule has 0 spiro atoms. The maximum Gasteiger partial charge on any atom is 0.290 e. The minimum atomic E-state index is -0.338. The molecule has 0 aliphatic heterocycles. The lowest BCUT2D eigenvalue weighted by atomic mass is 10.2. The SMILES string of the molecule is C#CCOc1ccccc1/C=N\NC(=O)c1c(C)nc2ccccn12. The Bertz CT molecular complexity index is 982. The van der Waals surface area contributed by atoms with Crippen LogP contribution < -0.4 is 10.2 Å². The fourth-order valence-electron chi connectivity index (χ4n) is 2.44. The van der Waals surface area contributed by atoms with Crippen LogP contribution in [0.5, 0.6) is 5.75 Å². The summed E-state index contributed by atoms with van der Waals surface area (Å²) < 4.78 is 7.17. The zero-order chi connectivity index (χ0) is 17.6. The summed E-state index contributed by atoms with van der Waals surface area (Å²) in [5.74, 6) is 2.68. The topological polar surface area (TPSA) is 68.0 Å². The van der Waals surface area contributed by atoms with Crippen molar-refractivity contribution in [2.75, 3.05) is 6.61 Å². The van der Waals surface area contributed by atoms with E-state index in [-0.39, 0.29) is 12.5 Å². The zero-order valence-electron chi connectivity index (χ0n) is 13.6. The monoisotopic (exact) mass is 332 g/mol. The zero-order valence-corrected chi connectivity index (χ0v) is 13.6. The number of benzene rings is 1. The summed E-state index contributed by atoms with van der Waals surface area (Å²) in [5, 5.41) is 4.02. The minimum absolute atomic E-state index is 0.165. The molecule has 1 amide bonds. The summed E-state index contributed by atoms with van der Waals surface area (Å²) >= 11 is 0. The summed E-state index contributed by atoms with van der Waals surface area (Å²) in [5.41, 5.74) is 5.03. The van der Waals surface area contributed by atoms with E-state index in [4.69, 9.17) is 11.2 Å². The van der Waals surface area contributed by atoms with Crippen molar-refractivity contribution >= 4 is 17.8 Å². The Morgan fingerprint density at radius 1 is 1.36 bits per heavy atom. The molecule has 0 saturated heterocycles. The van der Waals surface area contributed by atoms with E-state index in [2.05, 4.69) is 21.4 Å². The van der Waals surface area contributed by atoms with Gasteiger partial charge in [0.05, 0.1) is 11.9 Å². The lowest BCUT2D eigenvalue weighted by Crippen LogP contribution is -2.20. The molecule has 1 aromatic carbocycles.